The lowest BCUT2D eigenvalue weighted by Gasteiger charge is -2.29. The molecule has 2 aliphatic heterocycles. The van der Waals surface area contributed by atoms with Gasteiger partial charge in [0.25, 0.3) is 11.5 Å². The fourth-order valence-corrected chi connectivity index (χ4v) is 6.40. The minimum absolute atomic E-state index is 0.173. The molecule has 1 amide bonds. The van der Waals surface area contributed by atoms with Gasteiger partial charge < -0.3 is 4.90 Å². The van der Waals surface area contributed by atoms with Crippen LogP contribution in [0.1, 0.15) is 25.0 Å². The summed E-state index contributed by atoms with van der Waals surface area (Å²) in [5, 5.41) is 6.50. The summed E-state index contributed by atoms with van der Waals surface area (Å²) in [7, 11) is 0. The maximum atomic E-state index is 14.2. The third kappa shape index (κ3) is 4.24. The number of hydrogen-bond acceptors (Lipinski definition) is 5. The molecule has 0 saturated carbocycles. The second-order valence-corrected chi connectivity index (χ2v) is 10.8. The van der Waals surface area contributed by atoms with Crippen molar-refractivity contribution in [2.45, 2.75) is 20.8 Å². The molecule has 6 rings (SSSR count). The summed E-state index contributed by atoms with van der Waals surface area (Å²) >= 11 is 7.38. The van der Waals surface area contributed by atoms with Gasteiger partial charge in [0.2, 0.25) is 0 Å². The van der Waals surface area contributed by atoms with Gasteiger partial charge in [0.1, 0.15) is 9.20 Å². The first-order valence-corrected chi connectivity index (χ1v) is 13.8. The Morgan fingerprint density at radius 3 is 2.36 bits per heavy atom. The monoisotopic (exact) mass is 552 g/mol. The molecule has 0 atom stereocenters. The van der Waals surface area contributed by atoms with E-state index in [1.54, 1.807) is 35.8 Å². The fourth-order valence-electron chi connectivity index (χ4n) is 5.01. The van der Waals surface area contributed by atoms with E-state index >= 15 is 0 Å². The summed E-state index contributed by atoms with van der Waals surface area (Å²) in [6.45, 7) is 6.63. The number of nitrogens with zero attached hydrogens (tertiary/aromatic N) is 4. The van der Waals surface area contributed by atoms with Crippen LogP contribution in [0.5, 0.6) is 0 Å². The predicted octanol–water partition coefficient (Wildman–Crippen LogP) is 5.10. The molecule has 8 heteroatoms. The van der Waals surface area contributed by atoms with E-state index < -0.39 is 0 Å². The molecule has 39 heavy (non-hydrogen) atoms. The smallest absolute Gasteiger partial charge is 0.283 e. The Bertz CT molecular complexity index is 1870. The molecular weight excluding hydrogens is 528 g/mol. The number of para-hydroxylation sites is 1. The number of fused-ring (bicyclic) bond motifs is 1. The van der Waals surface area contributed by atoms with Crippen molar-refractivity contribution in [3.05, 3.63) is 115 Å². The third-order valence-corrected chi connectivity index (χ3v) is 8.27. The van der Waals surface area contributed by atoms with Crippen LogP contribution in [0.3, 0.4) is 0 Å². The standard InChI is InChI=1S/C31H25ClN4O2S/c1-4-34-25-16-10-19(2)18-21(25)11-17-26(34)28-30(38)35(23-8-6-5-7-9-23)31(39-28)27-20(3)33-36(29(27)37)24-14-12-22(32)13-15-24/h5-18H,4H2,1-3H3. The second-order valence-electron chi connectivity index (χ2n) is 9.39. The summed E-state index contributed by atoms with van der Waals surface area (Å²) in [6, 6.07) is 22.7. The molecule has 6 nitrogen and oxygen atoms in total. The quantitative estimate of drug-likeness (QED) is 0.355. The van der Waals surface area contributed by atoms with Gasteiger partial charge in [-0.15, -0.1) is 11.3 Å². The highest BCUT2D eigenvalue weighted by Gasteiger charge is 2.32. The van der Waals surface area contributed by atoms with Gasteiger partial charge in [0, 0.05) is 17.3 Å². The number of halogens is 1. The van der Waals surface area contributed by atoms with Gasteiger partial charge in [0.15, 0.2) is 0 Å². The fraction of sp³-hybridized carbons (Fsp3) is 0.129. The van der Waals surface area contributed by atoms with E-state index in [9.17, 15) is 9.59 Å². The van der Waals surface area contributed by atoms with Crippen molar-refractivity contribution in [1.29, 1.82) is 0 Å². The topological polar surface area (TPSA) is 57.9 Å². The summed E-state index contributed by atoms with van der Waals surface area (Å²) in [4.78, 5) is 30.1. The predicted molar refractivity (Wildman–Crippen MR) is 161 cm³/mol. The van der Waals surface area contributed by atoms with Crippen LogP contribution in [0.4, 0.5) is 11.4 Å². The van der Waals surface area contributed by atoms with Gasteiger partial charge >= 0.3 is 0 Å². The van der Waals surface area contributed by atoms with E-state index in [1.165, 1.54) is 21.9 Å². The average molecular weight is 553 g/mol. The number of anilines is 2. The molecule has 2 aliphatic rings. The molecule has 3 heterocycles. The number of likely N-dealkylation sites (N-methyl/N-ethyl adjacent to an activating group) is 1. The maximum absolute atomic E-state index is 14.2. The van der Waals surface area contributed by atoms with E-state index in [1.807, 2.05) is 36.4 Å². The molecule has 194 valence electrons. The van der Waals surface area contributed by atoms with Crippen molar-refractivity contribution in [1.82, 2.24) is 4.57 Å². The molecule has 4 aromatic rings. The molecule has 0 fully saturated rings. The van der Waals surface area contributed by atoms with E-state index in [-0.39, 0.29) is 11.5 Å². The average Bonchev–Trinajstić information content (AvgIpc) is 3.43. The normalized spacial score (nSPS) is 17.5. The van der Waals surface area contributed by atoms with Crippen LogP contribution in [0.15, 0.2) is 88.8 Å². The first-order chi connectivity index (χ1) is 18.9. The zero-order valence-corrected chi connectivity index (χ0v) is 23.3. The van der Waals surface area contributed by atoms with E-state index in [0.29, 0.717) is 43.4 Å². The van der Waals surface area contributed by atoms with Crippen molar-refractivity contribution in [2.75, 3.05) is 16.5 Å². The lowest BCUT2D eigenvalue weighted by atomic mass is 10.0. The molecule has 3 aromatic carbocycles. The summed E-state index contributed by atoms with van der Waals surface area (Å²) < 4.78 is 2.75. The number of rotatable bonds is 3. The lowest BCUT2D eigenvalue weighted by Crippen LogP contribution is -2.36. The van der Waals surface area contributed by atoms with Crippen molar-refractivity contribution in [3.63, 3.8) is 0 Å². The molecule has 0 spiro atoms. The Hall–Kier alpha value is -4.20. The Balaban J connectivity index is 1.64. The van der Waals surface area contributed by atoms with Gasteiger partial charge in [-0.3, -0.25) is 14.2 Å². The van der Waals surface area contributed by atoms with Crippen molar-refractivity contribution in [2.24, 2.45) is 5.10 Å². The van der Waals surface area contributed by atoms with Gasteiger partial charge in [-0.05, 0) is 80.9 Å². The number of hydrogen-bond donors (Lipinski definition) is 0. The largest absolute Gasteiger partial charge is 0.340 e. The Morgan fingerprint density at radius 1 is 0.897 bits per heavy atom. The highest BCUT2D eigenvalue weighted by Crippen LogP contribution is 2.31. The Labute approximate surface area is 234 Å². The second kappa shape index (κ2) is 9.84. The number of benzene rings is 3. The van der Waals surface area contributed by atoms with Crippen molar-refractivity contribution < 1.29 is 4.79 Å². The van der Waals surface area contributed by atoms with Crippen LogP contribution in [-0.4, -0.2) is 22.7 Å². The van der Waals surface area contributed by atoms with Crippen molar-refractivity contribution >= 4 is 63.3 Å². The molecule has 0 bridgehead atoms. The zero-order chi connectivity index (χ0) is 27.3. The van der Waals surface area contributed by atoms with Gasteiger partial charge in [-0.25, -0.2) is 0 Å². The maximum Gasteiger partial charge on any atom is 0.283 e. The number of aryl methyl sites for hydroxylation is 1. The van der Waals surface area contributed by atoms with Crippen LogP contribution >= 0.6 is 22.9 Å². The molecule has 1 aromatic heterocycles. The Kier molecular flexibility index (Phi) is 6.33. The number of amides is 1. The summed E-state index contributed by atoms with van der Waals surface area (Å²) in [5.41, 5.74) is 6.24. The number of thiazole rings is 1. The Morgan fingerprint density at radius 2 is 1.64 bits per heavy atom. The molecule has 0 N–H and O–H groups in total. The highest BCUT2D eigenvalue weighted by molar-refractivity contribution is 7.08. The van der Waals surface area contributed by atoms with E-state index in [4.69, 9.17) is 11.6 Å². The minimum Gasteiger partial charge on any atom is -0.340 e. The van der Waals surface area contributed by atoms with Crippen LogP contribution in [0, 0.1) is 6.92 Å². The van der Waals surface area contributed by atoms with Gasteiger partial charge in [-0.2, -0.15) is 10.1 Å². The summed E-state index contributed by atoms with van der Waals surface area (Å²) in [6.07, 6.45) is 4.05. The van der Waals surface area contributed by atoms with Crippen LogP contribution < -0.4 is 24.7 Å². The number of aromatic nitrogens is 1. The first-order valence-electron chi connectivity index (χ1n) is 12.6. The zero-order valence-electron chi connectivity index (χ0n) is 21.7. The third-order valence-electron chi connectivity index (χ3n) is 6.85. The highest BCUT2D eigenvalue weighted by atomic mass is 35.5. The van der Waals surface area contributed by atoms with Gasteiger partial charge in [-0.1, -0.05) is 47.5 Å². The number of hydrazone groups is 1. The number of carbonyl (C=O) groups excluding carboxylic acids is 1. The molecule has 0 aliphatic carbocycles. The molecular formula is C31H25ClN4O2S. The first kappa shape index (κ1) is 25.1. The minimum atomic E-state index is -0.287. The van der Waals surface area contributed by atoms with Crippen LogP contribution in [-0.2, 0) is 4.79 Å². The van der Waals surface area contributed by atoms with Gasteiger partial charge in [0.05, 0.1) is 28.4 Å². The molecule has 0 saturated heterocycles. The molecule has 0 unspecified atom stereocenters. The van der Waals surface area contributed by atoms with Crippen molar-refractivity contribution in [3.8, 4) is 5.69 Å². The lowest BCUT2D eigenvalue weighted by molar-refractivity contribution is -0.112. The van der Waals surface area contributed by atoms with E-state index in [0.717, 1.165) is 16.9 Å². The van der Waals surface area contributed by atoms with E-state index in [2.05, 4.69) is 48.1 Å². The number of carbonyl (C=O) groups is 1. The SMILES string of the molecule is CCN1C(=c2sc(=C3C(=O)N(c4ccc(Cl)cc4)N=C3C)n(-c3ccccc3)c2=O)C=Cc2cc(C)ccc21. The van der Waals surface area contributed by atoms with Crippen LogP contribution in [0.25, 0.3) is 23.0 Å². The van der Waals surface area contributed by atoms with Crippen LogP contribution in [0.2, 0.25) is 5.02 Å². The molecule has 0 radical (unpaired) electrons. The summed E-state index contributed by atoms with van der Waals surface area (Å²) in [5.74, 6) is -0.287.